The van der Waals surface area contributed by atoms with E-state index in [1.807, 2.05) is 37.3 Å². The lowest BCUT2D eigenvalue weighted by Gasteiger charge is -2.29. The molecular weight excluding hydrogens is 541 g/mol. The Morgan fingerprint density at radius 3 is 2.59 bits per heavy atom. The van der Waals surface area contributed by atoms with Gasteiger partial charge >= 0.3 is 6.36 Å². The summed E-state index contributed by atoms with van der Waals surface area (Å²) in [4.78, 5) is 31.1. The van der Waals surface area contributed by atoms with E-state index in [1.54, 1.807) is 6.20 Å². The molecule has 2 aliphatic rings. The number of carbonyl (C=O) groups excluding carboxylic acids is 2. The van der Waals surface area contributed by atoms with Crippen LogP contribution in [0.25, 0.3) is 5.76 Å². The number of nitrogens with one attached hydrogen (secondary N) is 3. The molecule has 0 aromatic heterocycles. The van der Waals surface area contributed by atoms with Crippen molar-refractivity contribution >= 4 is 17.6 Å². The first kappa shape index (κ1) is 30.2. The lowest BCUT2D eigenvalue weighted by Crippen LogP contribution is -2.43. The maximum absolute atomic E-state index is 12.8. The number of hydrogen-bond donors (Lipinski definition) is 4. The number of benzene rings is 2. The van der Waals surface area contributed by atoms with Crippen molar-refractivity contribution in [2.24, 2.45) is 11.8 Å². The minimum Gasteiger partial charge on any atom is -0.406 e. The van der Waals surface area contributed by atoms with E-state index in [-0.39, 0.29) is 29.3 Å². The number of amides is 2. The van der Waals surface area contributed by atoms with Crippen molar-refractivity contribution < 1.29 is 37.4 Å². The van der Waals surface area contributed by atoms with Crippen molar-refractivity contribution in [3.8, 4) is 5.75 Å². The fourth-order valence-corrected chi connectivity index (χ4v) is 4.95. The quantitative estimate of drug-likeness (QED) is 0.292. The third kappa shape index (κ3) is 8.86. The topological polar surface area (TPSA) is 112 Å². The first-order valence-electron chi connectivity index (χ1n) is 13.7. The number of rotatable bonds is 11. The average molecular weight is 577 g/mol. The Labute approximate surface area is 236 Å². The largest absolute Gasteiger partial charge is 0.573 e. The highest BCUT2D eigenvalue weighted by Gasteiger charge is 2.32. The highest BCUT2D eigenvalue weighted by molar-refractivity contribution is 5.94. The zero-order valence-electron chi connectivity index (χ0n) is 22.7. The summed E-state index contributed by atoms with van der Waals surface area (Å²) in [5.74, 6) is -0.658. The molecule has 9 nitrogen and oxygen atoms in total. The molecule has 0 bridgehead atoms. The van der Waals surface area contributed by atoms with E-state index < -0.39 is 24.2 Å². The van der Waals surface area contributed by atoms with E-state index in [0.717, 1.165) is 24.1 Å². The van der Waals surface area contributed by atoms with Gasteiger partial charge in [0.1, 0.15) is 5.75 Å². The van der Waals surface area contributed by atoms with Gasteiger partial charge in [0.25, 0.3) is 5.91 Å². The number of carbonyl (C=O) groups is 2. The highest BCUT2D eigenvalue weighted by Crippen LogP contribution is 2.27. The summed E-state index contributed by atoms with van der Waals surface area (Å²) in [6, 6.07) is 14.1. The molecule has 2 aromatic carbocycles. The summed E-state index contributed by atoms with van der Waals surface area (Å²) >= 11 is 0. The summed E-state index contributed by atoms with van der Waals surface area (Å²) < 4.78 is 40.9. The molecule has 1 aliphatic heterocycles. The zero-order chi connectivity index (χ0) is 29.4. The molecule has 222 valence electrons. The van der Waals surface area contributed by atoms with E-state index >= 15 is 0 Å². The van der Waals surface area contributed by atoms with E-state index in [4.69, 9.17) is 4.84 Å². The number of hydroxylamine groups is 1. The second kappa shape index (κ2) is 13.7. The predicted octanol–water partition coefficient (Wildman–Crippen LogP) is 4.48. The lowest BCUT2D eigenvalue weighted by atomic mass is 9.85. The maximum Gasteiger partial charge on any atom is 0.573 e. The number of hydrazine groups is 1. The Morgan fingerprint density at radius 2 is 1.88 bits per heavy atom. The van der Waals surface area contributed by atoms with Crippen LogP contribution in [-0.4, -0.2) is 47.3 Å². The summed E-state index contributed by atoms with van der Waals surface area (Å²) in [6.45, 7) is 2.36. The number of aliphatic hydroxyl groups excluding tert-OH is 1. The summed E-state index contributed by atoms with van der Waals surface area (Å²) in [7, 11) is 0. The normalized spacial score (nSPS) is 20.7. The SMILES string of the molecule is CC(CCCNC(=O)C1CCCC(NC(=O)c2ccc(OC(F)(F)F)cc2)C1)C(O)N1NC=C(c2ccccc2)O1. The van der Waals surface area contributed by atoms with Crippen molar-refractivity contribution in [2.75, 3.05) is 6.54 Å². The number of halogens is 3. The molecule has 2 amide bonds. The Kier molecular flexibility index (Phi) is 10.1. The minimum absolute atomic E-state index is 0.0768. The van der Waals surface area contributed by atoms with E-state index in [1.165, 1.54) is 17.3 Å². The van der Waals surface area contributed by atoms with Gasteiger partial charge in [-0.3, -0.25) is 15.0 Å². The molecule has 4 N–H and O–H groups in total. The predicted molar refractivity (Wildman–Crippen MR) is 144 cm³/mol. The number of hydrogen-bond acceptors (Lipinski definition) is 7. The smallest absolute Gasteiger partial charge is 0.406 e. The van der Waals surface area contributed by atoms with Gasteiger partial charge < -0.3 is 25.3 Å². The second-order valence-corrected chi connectivity index (χ2v) is 10.4. The standard InChI is InChI=1S/C29H35F3N4O5/c1-19(28(39)36-34-18-25(41-36)20-8-3-2-4-9-20)7-6-16-33-26(37)22-10-5-11-23(17-22)35-27(38)21-12-14-24(15-13-21)40-29(30,31)32/h2-4,8-9,12-15,18-19,22-23,28,34,39H,5-7,10-11,16-17H2,1H3,(H,33,37)(H,35,38). The lowest BCUT2D eigenvalue weighted by molar-refractivity contribution is -0.274. The van der Waals surface area contributed by atoms with E-state index in [9.17, 15) is 27.9 Å². The van der Waals surface area contributed by atoms with Crippen LogP contribution in [0.3, 0.4) is 0 Å². The summed E-state index contributed by atoms with van der Waals surface area (Å²) in [5.41, 5.74) is 4.03. The first-order valence-corrected chi connectivity index (χ1v) is 13.7. The number of ether oxygens (including phenoxy) is 1. The molecule has 41 heavy (non-hydrogen) atoms. The van der Waals surface area contributed by atoms with Gasteiger partial charge in [-0.05, 0) is 61.5 Å². The number of nitrogens with zero attached hydrogens (tertiary/aromatic N) is 1. The van der Waals surface area contributed by atoms with Crippen LogP contribution in [0.1, 0.15) is 61.4 Å². The average Bonchev–Trinajstić information content (AvgIpc) is 3.45. The maximum atomic E-state index is 12.8. The third-order valence-electron chi connectivity index (χ3n) is 7.19. The van der Waals surface area contributed by atoms with E-state index in [0.29, 0.717) is 44.4 Å². The summed E-state index contributed by atoms with van der Waals surface area (Å²) in [6.07, 6.45) is -0.000390. The van der Waals surface area contributed by atoms with Crippen LogP contribution in [0.4, 0.5) is 13.2 Å². The Balaban J connectivity index is 1.14. The summed E-state index contributed by atoms with van der Waals surface area (Å²) in [5, 5.41) is 17.8. The van der Waals surface area contributed by atoms with Gasteiger partial charge in [-0.2, -0.15) is 0 Å². The second-order valence-electron chi connectivity index (χ2n) is 10.4. The van der Waals surface area contributed by atoms with Gasteiger partial charge in [0, 0.05) is 35.5 Å². The Bertz CT molecular complexity index is 1190. The molecule has 4 rings (SSSR count). The van der Waals surface area contributed by atoms with Gasteiger partial charge in [-0.15, -0.1) is 13.2 Å². The van der Waals surface area contributed by atoms with Gasteiger partial charge in [0.15, 0.2) is 12.0 Å². The van der Waals surface area contributed by atoms with Gasteiger partial charge in [0.05, 0.1) is 6.20 Å². The van der Waals surface area contributed by atoms with Crippen LogP contribution in [0.5, 0.6) is 5.75 Å². The molecule has 1 fully saturated rings. The van der Waals surface area contributed by atoms with Crippen LogP contribution in [-0.2, 0) is 9.63 Å². The van der Waals surface area contributed by atoms with E-state index in [2.05, 4.69) is 20.8 Å². The molecule has 1 aliphatic carbocycles. The molecule has 12 heteroatoms. The molecule has 1 heterocycles. The van der Waals surface area contributed by atoms with Gasteiger partial charge in [-0.1, -0.05) is 43.7 Å². The minimum atomic E-state index is -4.80. The van der Waals surface area contributed by atoms with Crippen LogP contribution in [0.2, 0.25) is 0 Å². The molecule has 0 spiro atoms. The number of aliphatic hydroxyl groups is 1. The molecule has 0 saturated heterocycles. The van der Waals surface area contributed by atoms with Gasteiger partial charge in [0.2, 0.25) is 5.91 Å². The van der Waals surface area contributed by atoms with Gasteiger partial charge in [-0.25, -0.2) is 0 Å². The highest BCUT2D eigenvalue weighted by atomic mass is 19.4. The Morgan fingerprint density at radius 1 is 1.15 bits per heavy atom. The molecule has 1 saturated carbocycles. The fraction of sp³-hybridized carbons (Fsp3) is 0.448. The third-order valence-corrected chi connectivity index (χ3v) is 7.19. The van der Waals surface area contributed by atoms with Crippen LogP contribution < -0.4 is 20.8 Å². The molecular formula is C29H35F3N4O5. The van der Waals surface area contributed by atoms with Crippen LogP contribution >= 0.6 is 0 Å². The van der Waals surface area contributed by atoms with Crippen LogP contribution in [0.15, 0.2) is 60.8 Å². The number of alkyl halides is 3. The molecule has 4 unspecified atom stereocenters. The van der Waals surface area contributed by atoms with Crippen LogP contribution in [0, 0.1) is 11.8 Å². The molecule has 2 aromatic rings. The van der Waals surface area contributed by atoms with Crippen molar-refractivity contribution in [2.45, 2.75) is 64.1 Å². The van der Waals surface area contributed by atoms with Crippen molar-refractivity contribution in [1.29, 1.82) is 0 Å². The molecule has 4 atom stereocenters. The zero-order valence-corrected chi connectivity index (χ0v) is 22.7. The first-order chi connectivity index (χ1) is 19.6. The molecule has 0 radical (unpaired) electrons. The Hall–Kier alpha value is -3.77. The van der Waals surface area contributed by atoms with Crippen molar-refractivity contribution in [1.82, 2.24) is 21.2 Å². The monoisotopic (exact) mass is 576 g/mol. The van der Waals surface area contributed by atoms with Crippen molar-refractivity contribution in [3.05, 3.63) is 71.9 Å². The van der Waals surface area contributed by atoms with Crippen molar-refractivity contribution in [3.63, 3.8) is 0 Å². The fourth-order valence-electron chi connectivity index (χ4n) is 4.95.